The molecule has 1 atom stereocenters. The van der Waals surface area contributed by atoms with E-state index in [0.29, 0.717) is 24.1 Å². The number of rotatable bonds is 8. The second-order valence-corrected chi connectivity index (χ2v) is 8.61. The van der Waals surface area contributed by atoms with Crippen LogP contribution in [-0.2, 0) is 14.4 Å². The van der Waals surface area contributed by atoms with Crippen molar-refractivity contribution in [2.45, 2.75) is 63.4 Å². The third kappa shape index (κ3) is 7.14. The van der Waals surface area contributed by atoms with Gasteiger partial charge in [-0.05, 0) is 62.3 Å². The molecule has 1 aliphatic carbocycles. The number of aromatic nitrogens is 2. The van der Waals surface area contributed by atoms with Crippen molar-refractivity contribution in [2.75, 3.05) is 23.0 Å². The average molecular weight is 469 g/mol. The molecule has 2 aliphatic rings. The van der Waals surface area contributed by atoms with Crippen molar-refractivity contribution >= 4 is 35.1 Å². The molecule has 1 aliphatic heterocycles. The van der Waals surface area contributed by atoms with Gasteiger partial charge < -0.3 is 26.2 Å². The van der Waals surface area contributed by atoms with Crippen molar-refractivity contribution in [3.8, 4) is 0 Å². The van der Waals surface area contributed by atoms with Crippen LogP contribution in [-0.4, -0.2) is 46.0 Å². The molecule has 2 heterocycles. The Morgan fingerprint density at radius 3 is 2.68 bits per heavy atom. The molecule has 6 N–H and O–H groups in total. The second kappa shape index (κ2) is 11.8. The Morgan fingerprint density at radius 2 is 1.94 bits per heavy atom. The highest BCUT2D eigenvalue weighted by atomic mass is 16.8. The van der Waals surface area contributed by atoms with Crippen LogP contribution < -0.4 is 21.8 Å². The van der Waals surface area contributed by atoms with Crippen LogP contribution in [0.2, 0.25) is 0 Å². The van der Waals surface area contributed by atoms with E-state index in [9.17, 15) is 9.90 Å². The number of nitrogens with one attached hydrogen (secondary N) is 3. The first-order chi connectivity index (χ1) is 16.5. The summed E-state index contributed by atoms with van der Waals surface area (Å²) in [5.74, 6) is 0.668. The van der Waals surface area contributed by atoms with Crippen LogP contribution in [0.3, 0.4) is 0 Å². The number of aliphatic hydroxyl groups excluding tert-OH is 1. The molecule has 10 nitrogen and oxygen atoms in total. The zero-order valence-electron chi connectivity index (χ0n) is 19.1. The lowest BCUT2D eigenvalue weighted by atomic mass is 9.93. The van der Waals surface area contributed by atoms with Crippen LogP contribution in [0, 0.1) is 0 Å². The molecule has 2 fully saturated rings. The predicted molar refractivity (Wildman–Crippen MR) is 130 cm³/mol. The van der Waals surface area contributed by atoms with Gasteiger partial charge in [-0.1, -0.05) is 12.1 Å². The maximum atomic E-state index is 11.9. The summed E-state index contributed by atoms with van der Waals surface area (Å²) in [6.45, 7) is 0.654. The first kappa shape index (κ1) is 23.9. The number of anilines is 4. The minimum absolute atomic E-state index is 0.213. The molecular weight excluding hydrogens is 436 g/mol. The summed E-state index contributed by atoms with van der Waals surface area (Å²) >= 11 is 0. The van der Waals surface area contributed by atoms with Gasteiger partial charge in [0.05, 0.1) is 18.0 Å². The van der Waals surface area contributed by atoms with E-state index in [1.165, 1.54) is 6.08 Å². The molecule has 34 heavy (non-hydrogen) atoms. The van der Waals surface area contributed by atoms with Gasteiger partial charge >= 0.3 is 0 Å². The molecule has 2 aromatic rings. The van der Waals surface area contributed by atoms with Crippen LogP contribution >= 0.6 is 0 Å². The van der Waals surface area contributed by atoms with Crippen molar-refractivity contribution in [2.24, 2.45) is 0 Å². The average Bonchev–Trinajstić information content (AvgIpc) is 2.86. The molecule has 1 amide bonds. The molecule has 1 aromatic heterocycles. The van der Waals surface area contributed by atoms with Gasteiger partial charge in [0.1, 0.15) is 0 Å². The zero-order chi connectivity index (χ0) is 23.8. The number of nitrogens with two attached hydrogens (primary N) is 1. The fourth-order valence-electron chi connectivity index (χ4n) is 3.92. The summed E-state index contributed by atoms with van der Waals surface area (Å²) in [4.78, 5) is 26.0. The SMILES string of the molecule is Nc1cnc(Nc2ccc(C=CC(=O)NOC3CCCCO3)cc2)nc1NC1CCC(O)CC1. The number of hydrogen-bond donors (Lipinski definition) is 5. The molecule has 1 aromatic carbocycles. The first-order valence-electron chi connectivity index (χ1n) is 11.7. The summed E-state index contributed by atoms with van der Waals surface area (Å²) in [5.41, 5.74) is 10.6. The normalized spacial score (nSPS) is 22.9. The number of nitrogens with zero attached hydrogens (tertiary/aromatic N) is 2. The third-order valence-corrected chi connectivity index (χ3v) is 5.88. The highest BCUT2D eigenvalue weighted by Crippen LogP contribution is 2.25. The zero-order valence-corrected chi connectivity index (χ0v) is 19.1. The van der Waals surface area contributed by atoms with Gasteiger partial charge in [0, 0.05) is 30.8 Å². The largest absolute Gasteiger partial charge is 0.394 e. The predicted octanol–water partition coefficient (Wildman–Crippen LogP) is 3.11. The Labute approximate surface area is 198 Å². The van der Waals surface area contributed by atoms with Gasteiger partial charge in [0.2, 0.25) is 5.95 Å². The van der Waals surface area contributed by atoms with Gasteiger partial charge in [-0.2, -0.15) is 4.98 Å². The molecule has 0 spiro atoms. The summed E-state index contributed by atoms with van der Waals surface area (Å²) < 4.78 is 5.41. The van der Waals surface area contributed by atoms with Crippen LogP contribution in [0.5, 0.6) is 0 Å². The summed E-state index contributed by atoms with van der Waals surface area (Å²) in [6.07, 6.45) is 10.2. The second-order valence-electron chi connectivity index (χ2n) is 8.61. The van der Waals surface area contributed by atoms with E-state index in [4.69, 9.17) is 15.3 Å². The molecule has 0 bridgehead atoms. The number of hydrogen-bond acceptors (Lipinski definition) is 9. The minimum atomic E-state index is -0.377. The van der Waals surface area contributed by atoms with Gasteiger partial charge in [0.15, 0.2) is 12.1 Å². The Morgan fingerprint density at radius 1 is 1.15 bits per heavy atom. The van der Waals surface area contributed by atoms with E-state index in [1.54, 1.807) is 12.3 Å². The molecule has 0 radical (unpaired) electrons. The van der Waals surface area contributed by atoms with Crippen LogP contribution in [0.15, 0.2) is 36.5 Å². The van der Waals surface area contributed by atoms with Crippen molar-refractivity contribution in [3.05, 3.63) is 42.1 Å². The van der Waals surface area contributed by atoms with Crippen molar-refractivity contribution in [1.29, 1.82) is 0 Å². The lowest BCUT2D eigenvalue weighted by molar-refractivity contribution is -0.198. The van der Waals surface area contributed by atoms with E-state index in [-0.39, 0.29) is 24.3 Å². The van der Waals surface area contributed by atoms with Crippen molar-refractivity contribution < 1.29 is 19.5 Å². The van der Waals surface area contributed by atoms with Crippen LogP contribution in [0.25, 0.3) is 6.08 Å². The monoisotopic (exact) mass is 468 g/mol. The Balaban J connectivity index is 1.28. The summed E-state index contributed by atoms with van der Waals surface area (Å²) in [5, 5.41) is 16.2. The molecular formula is C24H32N6O4. The van der Waals surface area contributed by atoms with Gasteiger partial charge in [-0.15, -0.1) is 0 Å². The topological polar surface area (TPSA) is 144 Å². The fourth-order valence-corrected chi connectivity index (χ4v) is 3.92. The quantitative estimate of drug-likeness (QED) is 0.291. The van der Waals surface area contributed by atoms with E-state index >= 15 is 0 Å². The first-order valence-corrected chi connectivity index (χ1v) is 11.7. The Bertz CT molecular complexity index is 970. The van der Waals surface area contributed by atoms with Gasteiger partial charge in [0.25, 0.3) is 5.91 Å². The van der Waals surface area contributed by atoms with Crippen LogP contribution in [0.4, 0.5) is 23.1 Å². The lowest BCUT2D eigenvalue weighted by Crippen LogP contribution is -2.32. The molecule has 4 rings (SSSR count). The molecule has 182 valence electrons. The summed E-state index contributed by atoms with van der Waals surface area (Å²) in [7, 11) is 0. The highest BCUT2D eigenvalue weighted by molar-refractivity contribution is 5.91. The Hall–Kier alpha value is -3.21. The Kier molecular flexibility index (Phi) is 8.29. The van der Waals surface area contributed by atoms with E-state index < -0.39 is 0 Å². The van der Waals surface area contributed by atoms with Gasteiger partial charge in [-0.3, -0.25) is 4.79 Å². The molecule has 1 saturated carbocycles. The maximum Gasteiger partial charge on any atom is 0.267 e. The molecule has 10 heteroatoms. The van der Waals surface area contributed by atoms with Gasteiger partial charge in [-0.25, -0.2) is 15.3 Å². The minimum Gasteiger partial charge on any atom is -0.394 e. The number of amides is 1. The van der Waals surface area contributed by atoms with Crippen LogP contribution in [0.1, 0.15) is 50.5 Å². The standard InChI is InChI=1S/C24H32N6O4/c25-20-15-26-24(29-23(20)27-17-9-11-19(31)12-10-17)28-18-7-4-16(5-8-18)6-13-21(32)30-34-22-3-1-2-14-33-22/h4-8,13,15,17,19,22,31H,1-3,9-12,14,25H2,(H,30,32)(H2,26,27,28,29). The fraction of sp³-hybridized carbons (Fsp3) is 0.458. The number of carbonyl (C=O) groups excluding carboxylic acids is 1. The van der Waals surface area contributed by atoms with Crippen molar-refractivity contribution in [3.63, 3.8) is 0 Å². The number of benzene rings is 1. The number of nitrogen functional groups attached to an aromatic ring is 1. The van der Waals surface area contributed by atoms with Crippen molar-refractivity contribution in [1.82, 2.24) is 15.4 Å². The number of aliphatic hydroxyl groups is 1. The molecule has 1 unspecified atom stereocenters. The highest BCUT2D eigenvalue weighted by Gasteiger charge is 2.20. The molecule has 1 saturated heterocycles. The smallest absolute Gasteiger partial charge is 0.267 e. The number of ether oxygens (including phenoxy) is 1. The maximum absolute atomic E-state index is 11.9. The number of hydroxylamine groups is 1. The lowest BCUT2D eigenvalue weighted by Gasteiger charge is -2.27. The third-order valence-electron chi connectivity index (χ3n) is 5.88. The van der Waals surface area contributed by atoms with E-state index in [2.05, 4.69) is 26.1 Å². The summed E-state index contributed by atoms with van der Waals surface area (Å²) in [6, 6.07) is 7.73. The van der Waals surface area contributed by atoms with E-state index in [1.807, 2.05) is 24.3 Å². The van der Waals surface area contributed by atoms with E-state index in [0.717, 1.165) is 56.2 Å². The number of carbonyl (C=O) groups is 1.